The second-order valence-corrected chi connectivity index (χ2v) is 3.67. The molecule has 0 saturated heterocycles. The zero-order valence-electron chi connectivity index (χ0n) is 9.24. The summed E-state index contributed by atoms with van der Waals surface area (Å²) in [7, 11) is 1.42. The molecule has 0 aliphatic rings. The summed E-state index contributed by atoms with van der Waals surface area (Å²) >= 11 is 5.73. The van der Waals surface area contributed by atoms with E-state index in [1.165, 1.54) is 13.2 Å². The zero-order chi connectivity index (χ0) is 12.4. The van der Waals surface area contributed by atoms with Gasteiger partial charge in [0.15, 0.2) is 5.82 Å². The van der Waals surface area contributed by atoms with E-state index < -0.39 is 0 Å². The number of rotatable bonds is 2. The predicted molar refractivity (Wildman–Crippen MR) is 61.5 cm³/mol. The van der Waals surface area contributed by atoms with Crippen LogP contribution in [0, 0.1) is 12.7 Å². The summed E-state index contributed by atoms with van der Waals surface area (Å²) < 4.78 is 18.3. The van der Waals surface area contributed by atoms with Gasteiger partial charge in [-0.3, -0.25) is 0 Å². The molecule has 1 aromatic carbocycles. The van der Waals surface area contributed by atoms with Crippen LogP contribution < -0.4 is 4.74 Å². The molecule has 2 aromatic rings. The molecule has 0 unspecified atom stereocenters. The number of hydrogen-bond acceptors (Lipinski definition) is 4. The molecular formula is C11H9ClFN3O. The summed E-state index contributed by atoms with van der Waals surface area (Å²) in [6.45, 7) is 1.65. The Hall–Kier alpha value is -1.75. The number of nitrogens with zero attached hydrogens (tertiary/aromatic N) is 3. The van der Waals surface area contributed by atoms with Crippen molar-refractivity contribution in [1.29, 1.82) is 0 Å². The van der Waals surface area contributed by atoms with Gasteiger partial charge in [-0.1, -0.05) is 12.1 Å². The van der Waals surface area contributed by atoms with E-state index in [0.717, 1.165) is 0 Å². The SMILES string of the molecule is COc1nc(Cl)nc(-c2cccc(F)c2C)n1. The van der Waals surface area contributed by atoms with Crippen LogP contribution in [-0.2, 0) is 0 Å². The van der Waals surface area contributed by atoms with Crippen molar-refractivity contribution in [3.05, 3.63) is 34.9 Å². The van der Waals surface area contributed by atoms with Crippen molar-refractivity contribution in [3.63, 3.8) is 0 Å². The maximum absolute atomic E-state index is 13.4. The summed E-state index contributed by atoms with van der Waals surface area (Å²) in [6.07, 6.45) is 0. The molecule has 1 aromatic heterocycles. The van der Waals surface area contributed by atoms with E-state index >= 15 is 0 Å². The zero-order valence-corrected chi connectivity index (χ0v) is 9.99. The van der Waals surface area contributed by atoms with Crippen LogP contribution in [0.15, 0.2) is 18.2 Å². The molecule has 1 heterocycles. The second kappa shape index (κ2) is 4.63. The van der Waals surface area contributed by atoms with Crippen molar-refractivity contribution < 1.29 is 9.13 Å². The Morgan fingerprint density at radius 1 is 1.24 bits per heavy atom. The van der Waals surface area contributed by atoms with E-state index in [1.807, 2.05) is 0 Å². The molecule has 0 spiro atoms. The maximum atomic E-state index is 13.4. The van der Waals surface area contributed by atoms with E-state index in [1.54, 1.807) is 19.1 Å². The monoisotopic (exact) mass is 253 g/mol. The van der Waals surface area contributed by atoms with Crippen molar-refractivity contribution in [1.82, 2.24) is 15.0 Å². The molecule has 0 aliphatic heterocycles. The van der Waals surface area contributed by atoms with Crippen molar-refractivity contribution >= 4 is 11.6 Å². The molecule has 0 saturated carbocycles. The Bertz CT molecular complexity index is 562. The standard InChI is InChI=1S/C11H9ClFN3O/c1-6-7(4-3-5-8(6)13)9-14-10(12)16-11(15-9)17-2/h3-5H,1-2H3. The lowest BCUT2D eigenvalue weighted by Crippen LogP contribution is -1.99. The first-order valence-corrected chi connectivity index (χ1v) is 5.20. The smallest absolute Gasteiger partial charge is 0.321 e. The summed E-state index contributed by atoms with van der Waals surface area (Å²) in [5.74, 6) is -0.0307. The molecule has 6 heteroatoms. The van der Waals surface area contributed by atoms with Crippen molar-refractivity contribution in [3.8, 4) is 17.4 Å². The Labute approximate surface area is 102 Å². The molecule has 88 valence electrons. The average molecular weight is 254 g/mol. The van der Waals surface area contributed by atoms with E-state index in [0.29, 0.717) is 17.0 Å². The quantitative estimate of drug-likeness (QED) is 0.826. The van der Waals surface area contributed by atoms with Gasteiger partial charge >= 0.3 is 6.01 Å². The number of hydrogen-bond donors (Lipinski definition) is 0. The molecule has 0 amide bonds. The van der Waals surface area contributed by atoms with Gasteiger partial charge in [-0.15, -0.1) is 0 Å². The van der Waals surface area contributed by atoms with Crippen LogP contribution in [0.4, 0.5) is 4.39 Å². The lowest BCUT2D eigenvalue weighted by atomic mass is 10.1. The highest BCUT2D eigenvalue weighted by molar-refractivity contribution is 6.28. The van der Waals surface area contributed by atoms with Gasteiger partial charge < -0.3 is 4.74 Å². The molecule has 2 rings (SSSR count). The molecule has 4 nitrogen and oxygen atoms in total. The summed E-state index contributed by atoms with van der Waals surface area (Å²) in [5, 5.41) is 0.00973. The van der Waals surface area contributed by atoms with Gasteiger partial charge in [0.05, 0.1) is 7.11 Å². The van der Waals surface area contributed by atoms with E-state index in [9.17, 15) is 4.39 Å². The molecule has 0 radical (unpaired) electrons. The lowest BCUT2D eigenvalue weighted by Gasteiger charge is -2.06. The van der Waals surface area contributed by atoms with Gasteiger partial charge in [0.2, 0.25) is 5.28 Å². The third kappa shape index (κ3) is 2.34. The summed E-state index contributed by atoms with van der Waals surface area (Å²) in [5.41, 5.74) is 1.02. The number of aromatic nitrogens is 3. The first kappa shape index (κ1) is 11.7. The number of halogens is 2. The second-order valence-electron chi connectivity index (χ2n) is 3.33. The highest BCUT2D eigenvalue weighted by atomic mass is 35.5. The minimum absolute atomic E-state index is 0.00973. The van der Waals surface area contributed by atoms with Crippen molar-refractivity contribution in [2.75, 3.05) is 7.11 Å². The molecule has 0 bridgehead atoms. The predicted octanol–water partition coefficient (Wildman–Crippen LogP) is 2.65. The fourth-order valence-corrected chi connectivity index (χ4v) is 1.55. The first-order valence-electron chi connectivity index (χ1n) is 4.83. The highest BCUT2D eigenvalue weighted by Gasteiger charge is 2.11. The molecule has 0 N–H and O–H groups in total. The highest BCUT2D eigenvalue weighted by Crippen LogP contribution is 2.23. The normalized spacial score (nSPS) is 10.4. The maximum Gasteiger partial charge on any atom is 0.321 e. The fraction of sp³-hybridized carbons (Fsp3) is 0.182. The molecular weight excluding hydrogens is 245 g/mol. The third-order valence-corrected chi connectivity index (χ3v) is 2.45. The van der Waals surface area contributed by atoms with Gasteiger partial charge in [-0.2, -0.15) is 15.0 Å². The van der Waals surface area contributed by atoms with Gasteiger partial charge in [-0.05, 0) is 30.2 Å². The molecule has 17 heavy (non-hydrogen) atoms. The number of benzene rings is 1. The summed E-state index contributed by atoms with van der Waals surface area (Å²) in [6, 6.07) is 4.77. The third-order valence-electron chi connectivity index (χ3n) is 2.28. The Kier molecular flexibility index (Phi) is 3.19. The minimum Gasteiger partial charge on any atom is -0.467 e. The van der Waals surface area contributed by atoms with Crippen LogP contribution in [0.2, 0.25) is 5.28 Å². The van der Waals surface area contributed by atoms with E-state index in [-0.39, 0.29) is 17.1 Å². The Balaban J connectivity index is 2.60. The van der Waals surface area contributed by atoms with E-state index in [4.69, 9.17) is 16.3 Å². The van der Waals surface area contributed by atoms with Gasteiger partial charge in [0, 0.05) is 5.56 Å². The van der Waals surface area contributed by atoms with Gasteiger partial charge in [0.1, 0.15) is 5.82 Å². The van der Waals surface area contributed by atoms with Gasteiger partial charge in [-0.25, -0.2) is 4.39 Å². The number of ether oxygens (including phenoxy) is 1. The Morgan fingerprint density at radius 2 is 2.00 bits per heavy atom. The average Bonchev–Trinajstić information content (AvgIpc) is 2.31. The minimum atomic E-state index is -0.321. The fourth-order valence-electron chi connectivity index (χ4n) is 1.39. The van der Waals surface area contributed by atoms with Crippen LogP contribution in [0.5, 0.6) is 6.01 Å². The van der Waals surface area contributed by atoms with Crippen LogP contribution in [0.25, 0.3) is 11.4 Å². The van der Waals surface area contributed by atoms with Crippen LogP contribution in [0.1, 0.15) is 5.56 Å². The van der Waals surface area contributed by atoms with Gasteiger partial charge in [0.25, 0.3) is 0 Å². The summed E-state index contributed by atoms with van der Waals surface area (Å²) in [4.78, 5) is 11.7. The molecule has 0 fully saturated rings. The van der Waals surface area contributed by atoms with Crippen LogP contribution in [-0.4, -0.2) is 22.1 Å². The van der Waals surface area contributed by atoms with Crippen molar-refractivity contribution in [2.24, 2.45) is 0 Å². The largest absolute Gasteiger partial charge is 0.467 e. The topological polar surface area (TPSA) is 47.9 Å². The van der Waals surface area contributed by atoms with Crippen molar-refractivity contribution in [2.45, 2.75) is 6.92 Å². The molecule has 0 atom stereocenters. The number of methoxy groups -OCH3 is 1. The van der Waals surface area contributed by atoms with E-state index in [2.05, 4.69) is 15.0 Å². The molecule has 0 aliphatic carbocycles. The first-order chi connectivity index (χ1) is 8.11. The lowest BCUT2D eigenvalue weighted by molar-refractivity contribution is 0.378. The van der Waals surface area contributed by atoms with Crippen LogP contribution >= 0.6 is 11.6 Å². The van der Waals surface area contributed by atoms with Crippen LogP contribution in [0.3, 0.4) is 0 Å². The Morgan fingerprint density at radius 3 is 2.71 bits per heavy atom.